The normalized spacial score (nSPS) is 19.1. The van der Waals surface area contributed by atoms with Gasteiger partial charge in [-0.1, -0.05) is 40.9 Å². The minimum Gasteiger partial charge on any atom is -0.490 e. The summed E-state index contributed by atoms with van der Waals surface area (Å²) < 4.78 is 6.11. The Hall–Kier alpha value is -1.75. The van der Waals surface area contributed by atoms with E-state index in [-0.39, 0.29) is 12.0 Å². The van der Waals surface area contributed by atoms with Gasteiger partial charge in [-0.15, -0.1) is 0 Å². The van der Waals surface area contributed by atoms with E-state index in [1.165, 1.54) is 5.56 Å². The van der Waals surface area contributed by atoms with E-state index in [9.17, 15) is 4.79 Å². The average molecular weight is 447 g/mol. The third kappa shape index (κ3) is 5.11. The summed E-state index contributed by atoms with van der Waals surface area (Å²) in [6.45, 7) is 5.76. The summed E-state index contributed by atoms with van der Waals surface area (Å²) in [7, 11) is 0. The number of benzene rings is 2. The lowest BCUT2D eigenvalue weighted by atomic mass is 9.98. The van der Waals surface area contributed by atoms with E-state index in [1.807, 2.05) is 42.2 Å². The van der Waals surface area contributed by atoms with Gasteiger partial charge in [0.25, 0.3) is 5.91 Å². The molecule has 0 atom stereocenters. The first-order valence-electron chi connectivity index (χ1n) is 10.7. The predicted octanol–water partition coefficient (Wildman–Crippen LogP) is 5.45. The molecule has 0 N–H and O–H groups in total. The monoisotopic (exact) mass is 446 g/mol. The van der Waals surface area contributed by atoms with Crippen molar-refractivity contribution in [1.82, 2.24) is 9.80 Å². The number of ether oxygens (including phenoxy) is 1. The standard InChI is InChI=1S/C24H28Cl2N2O2/c1-17-2-4-18(5-3-17)24(29)28-12-8-19(9-13-28)27-14-10-20(11-15-27)30-21-6-7-22(25)23(26)16-21/h2-7,16,19-20H,8-15H2,1H3. The minimum atomic E-state index is 0.155. The van der Waals surface area contributed by atoms with Crippen molar-refractivity contribution in [3.05, 3.63) is 63.6 Å². The molecule has 2 heterocycles. The fourth-order valence-electron chi connectivity index (χ4n) is 4.41. The van der Waals surface area contributed by atoms with Crippen LogP contribution in [-0.2, 0) is 0 Å². The number of halogens is 2. The van der Waals surface area contributed by atoms with E-state index in [1.54, 1.807) is 12.1 Å². The number of piperidine rings is 2. The number of hydrogen-bond acceptors (Lipinski definition) is 3. The number of carbonyl (C=O) groups is 1. The van der Waals surface area contributed by atoms with Crippen molar-refractivity contribution in [2.24, 2.45) is 0 Å². The molecule has 2 aliphatic heterocycles. The van der Waals surface area contributed by atoms with E-state index >= 15 is 0 Å². The highest BCUT2D eigenvalue weighted by molar-refractivity contribution is 6.42. The van der Waals surface area contributed by atoms with E-state index < -0.39 is 0 Å². The molecule has 6 heteroatoms. The largest absolute Gasteiger partial charge is 0.490 e. The average Bonchev–Trinajstić information content (AvgIpc) is 2.77. The summed E-state index contributed by atoms with van der Waals surface area (Å²) in [5.41, 5.74) is 1.97. The van der Waals surface area contributed by atoms with E-state index in [2.05, 4.69) is 4.90 Å². The number of aryl methyl sites for hydroxylation is 1. The van der Waals surface area contributed by atoms with Crippen molar-refractivity contribution < 1.29 is 9.53 Å². The van der Waals surface area contributed by atoms with Gasteiger partial charge in [-0.2, -0.15) is 0 Å². The molecule has 0 bridgehead atoms. The fraction of sp³-hybridized carbons (Fsp3) is 0.458. The van der Waals surface area contributed by atoms with E-state index in [0.717, 1.165) is 63.2 Å². The molecular formula is C24H28Cl2N2O2. The molecule has 1 amide bonds. The van der Waals surface area contributed by atoms with Crippen molar-refractivity contribution in [3.8, 4) is 5.75 Å². The zero-order valence-electron chi connectivity index (χ0n) is 17.3. The molecule has 2 aromatic carbocycles. The first kappa shape index (κ1) is 21.5. The predicted molar refractivity (Wildman–Crippen MR) is 122 cm³/mol. The summed E-state index contributed by atoms with van der Waals surface area (Å²) >= 11 is 12.1. The molecule has 2 fully saturated rings. The van der Waals surface area contributed by atoms with Gasteiger partial charge in [0.1, 0.15) is 11.9 Å². The van der Waals surface area contributed by atoms with Gasteiger partial charge in [0.15, 0.2) is 0 Å². The van der Waals surface area contributed by atoms with Crippen molar-refractivity contribution in [2.75, 3.05) is 26.2 Å². The Kier molecular flexibility index (Phi) is 6.87. The third-order valence-corrected chi connectivity index (χ3v) is 6.98. The van der Waals surface area contributed by atoms with Crippen molar-refractivity contribution >= 4 is 29.1 Å². The lowest BCUT2D eigenvalue weighted by Gasteiger charge is -2.41. The Morgan fingerprint density at radius 3 is 2.20 bits per heavy atom. The molecule has 160 valence electrons. The van der Waals surface area contributed by atoms with Crippen LogP contribution in [-0.4, -0.2) is 54.0 Å². The van der Waals surface area contributed by atoms with Gasteiger partial charge >= 0.3 is 0 Å². The molecule has 2 aromatic rings. The molecule has 0 radical (unpaired) electrons. The summed E-state index contributed by atoms with van der Waals surface area (Å²) in [5.74, 6) is 0.938. The minimum absolute atomic E-state index is 0.155. The fourth-order valence-corrected chi connectivity index (χ4v) is 4.70. The van der Waals surface area contributed by atoms with Gasteiger partial charge in [-0.25, -0.2) is 0 Å². The second-order valence-electron chi connectivity index (χ2n) is 8.32. The number of nitrogens with zero attached hydrogens (tertiary/aromatic N) is 2. The molecule has 0 aliphatic carbocycles. The maximum absolute atomic E-state index is 12.7. The number of hydrogen-bond donors (Lipinski definition) is 0. The highest BCUT2D eigenvalue weighted by atomic mass is 35.5. The van der Waals surface area contributed by atoms with Crippen LogP contribution in [0.25, 0.3) is 0 Å². The van der Waals surface area contributed by atoms with Crippen LogP contribution >= 0.6 is 23.2 Å². The Labute approximate surface area is 188 Å². The Morgan fingerprint density at radius 1 is 0.900 bits per heavy atom. The zero-order valence-corrected chi connectivity index (χ0v) is 18.8. The highest BCUT2D eigenvalue weighted by Gasteiger charge is 2.30. The summed E-state index contributed by atoms with van der Waals surface area (Å²) in [6.07, 6.45) is 4.29. The van der Waals surface area contributed by atoms with E-state index in [4.69, 9.17) is 27.9 Å². The first-order valence-corrected chi connectivity index (χ1v) is 11.5. The topological polar surface area (TPSA) is 32.8 Å². The van der Waals surface area contributed by atoms with Crippen LogP contribution in [0.2, 0.25) is 10.0 Å². The molecule has 0 spiro atoms. The van der Waals surface area contributed by atoms with Gasteiger partial charge in [0.05, 0.1) is 10.0 Å². The van der Waals surface area contributed by atoms with Crippen LogP contribution in [0.15, 0.2) is 42.5 Å². The Morgan fingerprint density at radius 2 is 1.57 bits per heavy atom. The van der Waals surface area contributed by atoms with Gasteiger partial charge in [-0.05, 0) is 56.9 Å². The smallest absolute Gasteiger partial charge is 0.253 e. The molecule has 2 saturated heterocycles. The van der Waals surface area contributed by atoms with Crippen molar-refractivity contribution in [1.29, 1.82) is 0 Å². The van der Waals surface area contributed by atoms with Crippen LogP contribution in [0.5, 0.6) is 5.75 Å². The lowest BCUT2D eigenvalue weighted by molar-refractivity contribution is 0.0425. The van der Waals surface area contributed by atoms with Gasteiger partial charge in [0.2, 0.25) is 0 Å². The quantitative estimate of drug-likeness (QED) is 0.625. The molecule has 0 saturated carbocycles. The third-order valence-electron chi connectivity index (χ3n) is 6.24. The lowest BCUT2D eigenvalue weighted by Crippen LogP contribution is -2.50. The molecule has 4 rings (SSSR count). The number of rotatable bonds is 4. The van der Waals surface area contributed by atoms with Crippen LogP contribution in [0.4, 0.5) is 0 Å². The van der Waals surface area contributed by atoms with Gasteiger partial charge < -0.3 is 9.64 Å². The summed E-state index contributed by atoms with van der Waals surface area (Å²) in [4.78, 5) is 17.3. The maximum Gasteiger partial charge on any atom is 0.253 e. The van der Waals surface area contributed by atoms with Crippen LogP contribution < -0.4 is 4.74 Å². The van der Waals surface area contributed by atoms with Crippen LogP contribution in [0, 0.1) is 6.92 Å². The van der Waals surface area contributed by atoms with Gasteiger partial charge in [-0.3, -0.25) is 9.69 Å². The highest BCUT2D eigenvalue weighted by Crippen LogP contribution is 2.29. The SMILES string of the molecule is Cc1ccc(C(=O)N2CCC(N3CCC(Oc4ccc(Cl)c(Cl)c4)CC3)CC2)cc1. The van der Waals surface area contributed by atoms with E-state index in [0.29, 0.717) is 16.1 Å². The number of amides is 1. The summed E-state index contributed by atoms with van der Waals surface area (Å²) in [6, 6.07) is 13.9. The summed E-state index contributed by atoms with van der Waals surface area (Å²) in [5, 5.41) is 1.07. The number of likely N-dealkylation sites (tertiary alicyclic amines) is 2. The Bertz CT molecular complexity index is 871. The molecule has 0 aromatic heterocycles. The zero-order chi connectivity index (χ0) is 21.1. The molecule has 30 heavy (non-hydrogen) atoms. The molecule has 2 aliphatic rings. The van der Waals surface area contributed by atoms with Crippen LogP contribution in [0.1, 0.15) is 41.6 Å². The van der Waals surface area contributed by atoms with Crippen LogP contribution in [0.3, 0.4) is 0 Å². The van der Waals surface area contributed by atoms with Gasteiger partial charge in [0, 0.05) is 43.9 Å². The second kappa shape index (κ2) is 9.59. The second-order valence-corrected chi connectivity index (χ2v) is 9.13. The van der Waals surface area contributed by atoms with Crippen molar-refractivity contribution in [3.63, 3.8) is 0 Å². The van der Waals surface area contributed by atoms with Crippen molar-refractivity contribution in [2.45, 2.75) is 44.8 Å². The molecule has 4 nitrogen and oxygen atoms in total. The maximum atomic E-state index is 12.7. The first-order chi connectivity index (χ1) is 14.5. The number of carbonyl (C=O) groups excluding carboxylic acids is 1. The molecule has 0 unspecified atom stereocenters. The molecular weight excluding hydrogens is 419 g/mol. The Balaban J connectivity index is 1.24.